The van der Waals surface area contributed by atoms with Crippen LogP contribution in [0.1, 0.15) is 19.7 Å². The van der Waals surface area contributed by atoms with E-state index in [0.29, 0.717) is 0 Å². The summed E-state index contributed by atoms with van der Waals surface area (Å²) in [4.78, 5) is 4.41. The van der Waals surface area contributed by atoms with Crippen LogP contribution < -0.4 is 0 Å². The Morgan fingerprint density at radius 1 is 1.43 bits per heavy atom. The third kappa shape index (κ3) is 1.53. The summed E-state index contributed by atoms with van der Waals surface area (Å²) in [5.41, 5.74) is 1.17. The molecule has 14 heavy (non-hydrogen) atoms. The molecule has 0 unspecified atom stereocenters. The van der Waals surface area contributed by atoms with Gasteiger partial charge in [0.25, 0.3) is 0 Å². The van der Waals surface area contributed by atoms with E-state index >= 15 is 0 Å². The van der Waals surface area contributed by atoms with Gasteiger partial charge >= 0.3 is 0 Å². The molecule has 0 amide bonds. The minimum absolute atomic E-state index is 0.0817. The molecule has 2 heterocycles. The summed E-state index contributed by atoms with van der Waals surface area (Å²) in [6.45, 7) is 4.24. The van der Waals surface area contributed by atoms with Crippen molar-refractivity contribution in [2.45, 2.75) is 18.6 Å². The Bertz CT molecular complexity index is 448. The molecule has 2 rings (SSSR count). The predicted molar refractivity (Wildman–Crippen MR) is 64.8 cm³/mol. The SMILES string of the molecule is CC(C)(SS)c1nccc2cccn12. The summed E-state index contributed by atoms with van der Waals surface area (Å²) < 4.78 is 2.02. The number of hydrogen-bond acceptors (Lipinski definition) is 3. The first kappa shape index (κ1) is 9.93. The molecule has 0 saturated carbocycles. The van der Waals surface area contributed by atoms with E-state index in [1.165, 1.54) is 16.3 Å². The van der Waals surface area contributed by atoms with Gasteiger partial charge in [-0.2, -0.15) is 0 Å². The summed E-state index contributed by atoms with van der Waals surface area (Å²) >= 11 is 4.28. The van der Waals surface area contributed by atoms with E-state index in [1.54, 1.807) is 0 Å². The lowest BCUT2D eigenvalue weighted by Gasteiger charge is -2.21. The average Bonchev–Trinajstić information content (AvgIpc) is 2.64. The van der Waals surface area contributed by atoms with Crippen molar-refractivity contribution < 1.29 is 0 Å². The van der Waals surface area contributed by atoms with E-state index in [-0.39, 0.29) is 4.75 Å². The highest BCUT2D eigenvalue weighted by molar-refractivity contribution is 8.68. The van der Waals surface area contributed by atoms with Crippen LogP contribution in [0.2, 0.25) is 0 Å². The molecule has 0 radical (unpaired) electrons. The Hall–Kier alpha value is -0.610. The smallest absolute Gasteiger partial charge is 0.129 e. The minimum Gasteiger partial charge on any atom is -0.304 e. The highest BCUT2D eigenvalue weighted by atomic mass is 33.1. The normalized spacial score (nSPS) is 12.2. The van der Waals surface area contributed by atoms with Gasteiger partial charge in [-0.3, -0.25) is 0 Å². The number of fused-ring (bicyclic) bond motifs is 1. The molecule has 4 heteroatoms. The summed E-state index contributed by atoms with van der Waals surface area (Å²) in [6, 6.07) is 6.10. The zero-order valence-corrected chi connectivity index (χ0v) is 9.85. The molecule has 2 nitrogen and oxygen atoms in total. The third-order valence-electron chi connectivity index (χ3n) is 2.22. The van der Waals surface area contributed by atoms with Crippen molar-refractivity contribution >= 4 is 28.0 Å². The van der Waals surface area contributed by atoms with Crippen molar-refractivity contribution in [3.05, 3.63) is 36.4 Å². The van der Waals surface area contributed by atoms with E-state index < -0.39 is 0 Å². The Morgan fingerprint density at radius 2 is 2.21 bits per heavy atom. The number of aromatic nitrogens is 2. The molecule has 2 aromatic rings. The fourth-order valence-corrected chi connectivity index (χ4v) is 1.93. The topological polar surface area (TPSA) is 17.3 Å². The van der Waals surface area contributed by atoms with E-state index in [0.717, 1.165) is 5.82 Å². The monoisotopic (exact) mass is 224 g/mol. The van der Waals surface area contributed by atoms with E-state index in [2.05, 4.69) is 41.0 Å². The number of rotatable bonds is 2. The molecule has 2 aromatic heterocycles. The zero-order valence-electron chi connectivity index (χ0n) is 8.14. The first-order valence-corrected chi connectivity index (χ1v) is 6.27. The zero-order chi connectivity index (χ0) is 10.2. The second-order valence-electron chi connectivity index (χ2n) is 3.67. The molecule has 74 valence electrons. The summed E-state index contributed by atoms with van der Waals surface area (Å²) in [5, 5.41) is 0. The maximum Gasteiger partial charge on any atom is 0.129 e. The van der Waals surface area contributed by atoms with Crippen LogP contribution in [0.15, 0.2) is 30.6 Å². The molecule has 0 aliphatic carbocycles. The van der Waals surface area contributed by atoms with Crippen LogP contribution in [0, 0.1) is 0 Å². The molecule has 0 aliphatic heterocycles. The molecule has 0 spiro atoms. The van der Waals surface area contributed by atoms with Gasteiger partial charge in [0.15, 0.2) is 0 Å². The number of nitrogens with zero attached hydrogens (tertiary/aromatic N) is 2. The predicted octanol–water partition coefficient (Wildman–Crippen LogP) is 3.15. The van der Waals surface area contributed by atoms with Gasteiger partial charge in [-0.05, 0) is 32.0 Å². The van der Waals surface area contributed by atoms with Crippen LogP contribution in [0.25, 0.3) is 5.52 Å². The highest BCUT2D eigenvalue weighted by Gasteiger charge is 2.23. The van der Waals surface area contributed by atoms with Crippen molar-refractivity contribution in [1.82, 2.24) is 9.38 Å². The van der Waals surface area contributed by atoms with E-state index in [1.807, 2.05) is 24.5 Å². The van der Waals surface area contributed by atoms with Crippen molar-refractivity contribution in [2.24, 2.45) is 0 Å². The number of hydrogen-bond donors (Lipinski definition) is 1. The van der Waals surface area contributed by atoms with E-state index in [4.69, 9.17) is 0 Å². The van der Waals surface area contributed by atoms with Gasteiger partial charge in [-0.15, -0.1) is 11.7 Å². The Labute approximate surface area is 92.5 Å². The van der Waals surface area contributed by atoms with Gasteiger partial charge in [0.2, 0.25) is 0 Å². The van der Waals surface area contributed by atoms with Crippen molar-refractivity contribution in [3.63, 3.8) is 0 Å². The Balaban J connectivity index is 2.67. The van der Waals surface area contributed by atoms with Crippen molar-refractivity contribution in [3.8, 4) is 0 Å². The lowest BCUT2D eigenvalue weighted by atomic mass is 10.2. The Kier molecular flexibility index (Phi) is 2.49. The minimum atomic E-state index is -0.0817. The lowest BCUT2D eigenvalue weighted by Crippen LogP contribution is -2.16. The van der Waals surface area contributed by atoms with Gasteiger partial charge < -0.3 is 4.40 Å². The van der Waals surface area contributed by atoms with Crippen LogP contribution >= 0.6 is 22.5 Å². The van der Waals surface area contributed by atoms with Gasteiger partial charge in [0.1, 0.15) is 5.82 Å². The fourth-order valence-electron chi connectivity index (χ4n) is 1.46. The van der Waals surface area contributed by atoms with Crippen LogP contribution in [0.3, 0.4) is 0 Å². The maximum absolute atomic E-state index is 4.41. The van der Waals surface area contributed by atoms with Crippen LogP contribution in [-0.4, -0.2) is 9.38 Å². The molecule has 0 N–H and O–H groups in total. The molecule has 0 fully saturated rings. The maximum atomic E-state index is 4.41. The second-order valence-corrected chi connectivity index (χ2v) is 5.42. The summed E-state index contributed by atoms with van der Waals surface area (Å²) in [7, 11) is 1.51. The van der Waals surface area contributed by atoms with Gasteiger partial charge in [-0.1, -0.05) is 10.8 Å². The molecule has 0 bridgehead atoms. The lowest BCUT2D eigenvalue weighted by molar-refractivity contribution is 0.696. The molecule has 0 atom stereocenters. The molecule has 0 aliphatic rings. The molecular formula is C10H12N2S2. The largest absolute Gasteiger partial charge is 0.304 e. The van der Waals surface area contributed by atoms with Gasteiger partial charge in [0, 0.05) is 17.9 Å². The first-order chi connectivity index (χ1) is 6.65. The van der Waals surface area contributed by atoms with Crippen LogP contribution in [0.5, 0.6) is 0 Å². The average molecular weight is 224 g/mol. The Morgan fingerprint density at radius 3 is 2.93 bits per heavy atom. The highest BCUT2D eigenvalue weighted by Crippen LogP contribution is 2.36. The second kappa shape index (κ2) is 3.51. The summed E-state index contributed by atoms with van der Waals surface area (Å²) in [6.07, 6.45) is 3.87. The van der Waals surface area contributed by atoms with Gasteiger partial charge in [-0.25, -0.2) is 4.98 Å². The molecule has 0 aromatic carbocycles. The van der Waals surface area contributed by atoms with Crippen molar-refractivity contribution in [1.29, 1.82) is 0 Å². The third-order valence-corrected chi connectivity index (χ3v) is 4.23. The number of thiol groups is 1. The first-order valence-electron chi connectivity index (χ1n) is 4.40. The van der Waals surface area contributed by atoms with E-state index in [9.17, 15) is 0 Å². The molecule has 0 saturated heterocycles. The fraction of sp³-hybridized carbons (Fsp3) is 0.300. The van der Waals surface area contributed by atoms with Gasteiger partial charge in [0.05, 0.1) is 4.75 Å². The molecular weight excluding hydrogens is 212 g/mol. The quantitative estimate of drug-likeness (QED) is 0.623. The summed E-state index contributed by atoms with van der Waals surface area (Å²) in [5.74, 6) is 1.03. The standard InChI is InChI=1S/C10H12N2S2/c1-10(2,14-13)9-11-6-5-8-4-3-7-12(8)9/h3-7,13H,1-2H3. The van der Waals surface area contributed by atoms with Crippen LogP contribution in [0.4, 0.5) is 0 Å². The van der Waals surface area contributed by atoms with Crippen LogP contribution in [-0.2, 0) is 4.75 Å². The van der Waals surface area contributed by atoms with Crippen molar-refractivity contribution in [2.75, 3.05) is 0 Å².